The lowest BCUT2D eigenvalue weighted by Gasteiger charge is -2.18. The van der Waals surface area contributed by atoms with Gasteiger partial charge in [-0.1, -0.05) is 44.2 Å². The van der Waals surface area contributed by atoms with Gasteiger partial charge in [-0.3, -0.25) is 0 Å². The Hall–Kier alpha value is -0.820. The van der Waals surface area contributed by atoms with Crippen molar-refractivity contribution in [3.8, 4) is 0 Å². The molecule has 0 aromatic heterocycles. The van der Waals surface area contributed by atoms with Crippen LogP contribution in [0.15, 0.2) is 30.3 Å². The van der Waals surface area contributed by atoms with E-state index in [0.717, 1.165) is 18.4 Å². The Balaban J connectivity index is 1.91. The first-order valence-corrected chi connectivity index (χ1v) is 6.58. The molecule has 0 heterocycles. The van der Waals surface area contributed by atoms with Crippen molar-refractivity contribution in [1.29, 1.82) is 0 Å². The number of hydrogen-bond acceptors (Lipinski definition) is 1. The predicted molar refractivity (Wildman–Crippen MR) is 69.5 cm³/mol. The lowest BCUT2D eigenvalue weighted by molar-refractivity contribution is 0.443. The molecule has 0 amide bonds. The third kappa shape index (κ3) is 3.08. The molecule has 16 heavy (non-hydrogen) atoms. The fourth-order valence-electron chi connectivity index (χ4n) is 2.48. The van der Waals surface area contributed by atoms with Crippen LogP contribution in [-0.2, 0) is 6.42 Å². The zero-order valence-corrected chi connectivity index (χ0v) is 10.4. The van der Waals surface area contributed by atoms with Gasteiger partial charge in [0.1, 0.15) is 0 Å². The smallest absolute Gasteiger partial charge is 0.0138 e. The standard InChI is InChI=1S/C15H23N/c1-3-9-16-15(14-10-12(14)2)11-13-7-5-4-6-8-13/h4-8,12,14-16H,3,9-11H2,1-2H3. The summed E-state index contributed by atoms with van der Waals surface area (Å²) in [5, 5.41) is 3.71. The fraction of sp³-hybridized carbons (Fsp3) is 0.600. The number of hydrogen-bond donors (Lipinski definition) is 1. The van der Waals surface area contributed by atoms with Gasteiger partial charge >= 0.3 is 0 Å². The van der Waals surface area contributed by atoms with Crippen LogP contribution in [0.5, 0.6) is 0 Å². The van der Waals surface area contributed by atoms with Crippen molar-refractivity contribution in [3.05, 3.63) is 35.9 Å². The molecule has 0 radical (unpaired) electrons. The van der Waals surface area contributed by atoms with Crippen molar-refractivity contribution >= 4 is 0 Å². The second-order valence-corrected chi connectivity index (χ2v) is 5.13. The molecule has 0 bridgehead atoms. The average molecular weight is 217 g/mol. The Bertz CT molecular complexity index is 306. The fourth-order valence-corrected chi connectivity index (χ4v) is 2.48. The van der Waals surface area contributed by atoms with Crippen molar-refractivity contribution < 1.29 is 0 Å². The summed E-state index contributed by atoms with van der Waals surface area (Å²) in [7, 11) is 0. The van der Waals surface area contributed by atoms with Crippen molar-refractivity contribution in [3.63, 3.8) is 0 Å². The molecule has 1 fully saturated rings. The summed E-state index contributed by atoms with van der Waals surface area (Å²) in [6.45, 7) is 5.76. The maximum Gasteiger partial charge on any atom is 0.0138 e. The molecule has 1 saturated carbocycles. The van der Waals surface area contributed by atoms with Crippen LogP contribution < -0.4 is 5.32 Å². The van der Waals surface area contributed by atoms with Gasteiger partial charge in [-0.05, 0) is 43.2 Å². The maximum absolute atomic E-state index is 3.71. The minimum atomic E-state index is 0.692. The van der Waals surface area contributed by atoms with E-state index in [-0.39, 0.29) is 0 Å². The topological polar surface area (TPSA) is 12.0 Å². The van der Waals surface area contributed by atoms with Crippen LogP contribution in [0.25, 0.3) is 0 Å². The van der Waals surface area contributed by atoms with E-state index in [4.69, 9.17) is 0 Å². The quantitative estimate of drug-likeness (QED) is 0.771. The molecule has 0 spiro atoms. The highest BCUT2D eigenvalue weighted by Crippen LogP contribution is 2.41. The minimum absolute atomic E-state index is 0.692. The van der Waals surface area contributed by atoms with Gasteiger partial charge in [0.15, 0.2) is 0 Å². The van der Waals surface area contributed by atoms with Gasteiger partial charge in [-0.15, -0.1) is 0 Å². The van der Waals surface area contributed by atoms with Gasteiger partial charge in [-0.25, -0.2) is 0 Å². The monoisotopic (exact) mass is 217 g/mol. The van der Waals surface area contributed by atoms with Crippen LogP contribution in [-0.4, -0.2) is 12.6 Å². The highest BCUT2D eigenvalue weighted by Gasteiger charge is 2.38. The van der Waals surface area contributed by atoms with Crippen molar-refractivity contribution in [2.75, 3.05) is 6.54 Å². The molecule has 1 aromatic rings. The third-order valence-electron chi connectivity index (χ3n) is 3.64. The van der Waals surface area contributed by atoms with Crippen molar-refractivity contribution in [1.82, 2.24) is 5.32 Å². The SMILES string of the molecule is CCCNC(Cc1ccccc1)C1CC1C. The molecule has 88 valence electrons. The van der Waals surface area contributed by atoms with Crippen LogP contribution in [0.3, 0.4) is 0 Å². The summed E-state index contributed by atoms with van der Waals surface area (Å²) in [6.07, 6.45) is 3.83. The van der Waals surface area contributed by atoms with Gasteiger partial charge in [0.25, 0.3) is 0 Å². The molecule has 0 saturated heterocycles. The van der Waals surface area contributed by atoms with Gasteiger partial charge in [0, 0.05) is 6.04 Å². The Kier molecular flexibility index (Phi) is 4.00. The van der Waals surface area contributed by atoms with Crippen LogP contribution in [0.1, 0.15) is 32.3 Å². The molecule has 0 aliphatic heterocycles. The molecule has 2 rings (SSSR count). The highest BCUT2D eigenvalue weighted by atomic mass is 14.9. The highest BCUT2D eigenvalue weighted by molar-refractivity contribution is 5.17. The number of nitrogens with one attached hydrogen (secondary N) is 1. The summed E-state index contributed by atoms with van der Waals surface area (Å²) >= 11 is 0. The van der Waals surface area contributed by atoms with E-state index >= 15 is 0 Å². The summed E-state index contributed by atoms with van der Waals surface area (Å²) < 4.78 is 0. The summed E-state index contributed by atoms with van der Waals surface area (Å²) in [5.74, 6) is 1.84. The molecular formula is C15H23N. The zero-order chi connectivity index (χ0) is 11.4. The van der Waals surface area contributed by atoms with Gasteiger partial charge in [-0.2, -0.15) is 0 Å². The Labute approximate surface area is 99.3 Å². The van der Waals surface area contributed by atoms with Crippen molar-refractivity contribution in [2.45, 2.75) is 39.2 Å². The first-order chi connectivity index (χ1) is 7.81. The molecule has 1 aromatic carbocycles. The first kappa shape index (κ1) is 11.7. The van der Waals surface area contributed by atoms with Crippen molar-refractivity contribution in [2.24, 2.45) is 11.8 Å². The van der Waals surface area contributed by atoms with Gasteiger partial charge in [0.2, 0.25) is 0 Å². The van der Waals surface area contributed by atoms with Gasteiger partial charge < -0.3 is 5.32 Å². The van der Waals surface area contributed by atoms with E-state index in [1.165, 1.54) is 24.8 Å². The number of benzene rings is 1. The minimum Gasteiger partial charge on any atom is -0.313 e. The molecular weight excluding hydrogens is 194 g/mol. The average Bonchev–Trinajstić information content (AvgIpc) is 3.03. The molecule has 3 atom stereocenters. The molecule has 3 unspecified atom stereocenters. The third-order valence-corrected chi connectivity index (χ3v) is 3.64. The lowest BCUT2D eigenvalue weighted by Crippen LogP contribution is -2.34. The Morgan fingerprint density at radius 3 is 2.56 bits per heavy atom. The van der Waals surface area contributed by atoms with Crippen LogP contribution in [0.2, 0.25) is 0 Å². The van der Waals surface area contributed by atoms with Crippen LogP contribution >= 0.6 is 0 Å². The molecule has 1 aliphatic rings. The van der Waals surface area contributed by atoms with E-state index in [1.807, 2.05) is 0 Å². The normalized spacial score (nSPS) is 25.4. The Morgan fingerprint density at radius 2 is 2.00 bits per heavy atom. The van der Waals surface area contributed by atoms with Crippen LogP contribution in [0, 0.1) is 11.8 Å². The lowest BCUT2D eigenvalue weighted by atomic mass is 10.0. The molecule has 1 aliphatic carbocycles. The second-order valence-electron chi connectivity index (χ2n) is 5.13. The summed E-state index contributed by atoms with van der Waals surface area (Å²) in [5.41, 5.74) is 1.47. The maximum atomic E-state index is 3.71. The largest absolute Gasteiger partial charge is 0.313 e. The zero-order valence-electron chi connectivity index (χ0n) is 10.4. The van der Waals surface area contributed by atoms with E-state index in [1.54, 1.807) is 0 Å². The van der Waals surface area contributed by atoms with E-state index in [2.05, 4.69) is 49.5 Å². The van der Waals surface area contributed by atoms with Crippen LogP contribution in [0.4, 0.5) is 0 Å². The number of rotatable bonds is 6. The summed E-state index contributed by atoms with van der Waals surface area (Å²) in [6, 6.07) is 11.6. The second kappa shape index (κ2) is 5.49. The molecule has 1 heteroatoms. The van der Waals surface area contributed by atoms with E-state index in [9.17, 15) is 0 Å². The molecule has 1 nitrogen and oxygen atoms in total. The van der Waals surface area contributed by atoms with E-state index < -0.39 is 0 Å². The first-order valence-electron chi connectivity index (χ1n) is 6.58. The molecule has 1 N–H and O–H groups in total. The Morgan fingerprint density at radius 1 is 1.31 bits per heavy atom. The van der Waals surface area contributed by atoms with Gasteiger partial charge in [0.05, 0.1) is 0 Å². The predicted octanol–water partition coefficient (Wildman–Crippen LogP) is 3.25. The van der Waals surface area contributed by atoms with E-state index in [0.29, 0.717) is 6.04 Å². The summed E-state index contributed by atoms with van der Waals surface area (Å²) in [4.78, 5) is 0.